The lowest BCUT2D eigenvalue weighted by atomic mass is 10.0. The van der Waals surface area contributed by atoms with Crippen LogP contribution in [0, 0.1) is 6.92 Å². The number of aromatic nitrogens is 3. The van der Waals surface area contributed by atoms with Gasteiger partial charge in [-0.1, -0.05) is 5.16 Å². The molecular weight excluding hydrogens is 316 g/mol. The molecule has 124 valence electrons. The van der Waals surface area contributed by atoms with Gasteiger partial charge in [0.2, 0.25) is 11.1 Å². The van der Waals surface area contributed by atoms with Crippen LogP contribution in [-0.2, 0) is 17.8 Å². The second kappa shape index (κ2) is 7.17. The summed E-state index contributed by atoms with van der Waals surface area (Å²) in [5.74, 6) is 0.165. The number of carbonyl (C=O) groups is 1. The highest BCUT2D eigenvalue weighted by Crippen LogP contribution is 2.23. The summed E-state index contributed by atoms with van der Waals surface area (Å²) in [5.41, 5.74) is 1.59. The molecule has 23 heavy (non-hydrogen) atoms. The molecule has 0 aliphatic carbocycles. The van der Waals surface area contributed by atoms with Crippen LogP contribution >= 0.6 is 11.6 Å². The van der Waals surface area contributed by atoms with Crippen molar-refractivity contribution in [3.63, 3.8) is 0 Å². The van der Waals surface area contributed by atoms with E-state index < -0.39 is 0 Å². The highest BCUT2D eigenvalue weighted by atomic mass is 35.5. The molecule has 1 amide bonds. The lowest BCUT2D eigenvalue weighted by Gasteiger charge is -2.36. The fourth-order valence-corrected chi connectivity index (χ4v) is 3.42. The maximum atomic E-state index is 12.7. The summed E-state index contributed by atoms with van der Waals surface area (Å²) in [4.78, 5) is 14.7. The Morgan fingerprint density at radius 3 is 3.04 bits per heavy atom. The Labute approximate surface area is 140 Å². The van der Waals surface area contributed by atoms with E-state index in [9.17, 15) is 4.79 Å². The van der Waals surface area contributed by atoms with Crippen LogP contribution < -0.4 is 0 Å². The quantitative estimate of drug-likeness (QED) is 0.842. The Morgan fingerprint density at radius 2 is 2.35 bits per heavy atom. The number of piperidine rings is 1. The highest BCUT2D eigenvalue weighted by molar-refractivity contribution is 6.29. The second-order valence-corrected chi connectivity index (χ2v) is 6.33. The molecule has 3 rings (SSSR count). The van der Waals surface area contributed by atoms with Crippen molar-refractivity contribution in [3.8, 4) is 0 Å². The predicted molar refractivity (Wildman–Crippen MR) is 86.2 cm³/mol. The van der Waals surface area contributed by atoms with Crippen molar-refractivity contribution in [2.45, 2.75) is 51.6 Å². The lowest BCUT2D eigenvalue weighted by molar-refractivity contribution is -0.135. The van der Waals surface area contributed by atoms with Crippen molar-refractivity contribution < 1.29 is 9.32 Å². The minimum Gasteiger partial charge on any atom is -0.344 e. The van der Waals surface area contributed by atoms with Crippen molar-refractivity contribution in [1.82, 2.24) is 19.8 Å². The van der Waals surface area contributed by atoms with Gasteiger partial charge in [0.1, 0.15) is 0 Å². The Kier molecular flexibility index (Phi) is 5.00. The minimum atomic E-state index is 0.165. The van der Waals surface area contributed by atoms with Gasteiger partial charge in [-0.05, 0) is 50.3 Å². The molecule has 2 aromatic rings. The summed E-state index contributed by atoms with van der Waals surface area (Å²) in [7, 11) is 0. The van der Waals surface area contributed by atoms with Crippen molar-refractivity contribution in [1.29, 1.82) is 0 Å². The molecule has 3 heterocycles. The molecule has 6 nitrogen and oxygen atoms in total. The number of hydrogen-bond donors (Lipinski definition) is 0. The van der Waals surface area contributed by atoms with Crippen LogP contribution in [0.25, 0.3) is 0 Å². The van der Waals surface area contributed by atoms with Gasteiger partial charge in [-0.2, -0.15) is 5.10 Å². The molecule has 0 radical (unpaired) electrons. The molecule has 7 heteroatoms. The predicted octanol–water partition coefficient (Wildman–Crippen LogP) is 2.85. The third-order valence-corrected chi connectivity index (χ3v) is 4.73. The molecule has 0 saturated carbocycles. The first-order chi connectivity index (χ1) is 11.1. The lowest BCUT2D eigenvalue weighted by Crippen LogP contribution is -2.46. The molecule has 0 unspecified atom stereocenters. The molecule has 1 atom stereocenters. The van der Waals surface area contributed by atoms with E-state index in [0.29, 0.717) is 18.1 Å². The van der Waals surface area contributed by atoms with Crippen LogP contribution in [0.5, 0.6) is 0 Å². The summed E-state index contributed by atoms with van der Waals surface area (Å²) in [5, 5.41) is 8.38. The summed E-state index contributed by atoms with van der Waals surface area (Å²) < 4.78 is 6.84. The van der Waals surface area contributed by atoms with Gasteiger partial charge in [0.05, 0.1) is 18.3 Å². The zero-order valence-corrected chi connectivity index (χ0v) is 14.0. The van der Waals surface area contributed by atoms with E-state index in [1.807, 2.05) is 28.8 Å². The normalized spacial score (nSPS) is 18.3. The van der Waals surface area contributed by atoms with Gasteiger partial charge in [-0.15, -0.1) is 0 Å². The number of carbonyl (C=O) groups excluding carboxylic acids is 1. The van der Waals surface area contributed by atoms with Gasteiger partial charge >= 0.3 is 0 Å². The van der Waals surface area contributed by atoms with Gasteiger partial charge in [0, 0.05) is 30.9 Å². The van der Waals surface area contributed by atoms with Crippen molar-refractivity contribution >= 4 is 17.5 Å². The largest absolute Gasteiger partial charge is 0.344 e. The number of aryl methyl sites for hydroxylation is 1. The van der Waals surface area contributed by atoms with Crippen LogP contribution in [0.3, 0.4) is 0 Å². The molecule has 1 saturated heterocycles. The summed E-state index contributed by atoms with van der Waals surface area (Å²) in [6.45, 7) is 3.42. The molecule has 1 fully saturated rings. The molecule has 0 N–H and O–H groups in total. The average Bonchev–Trinajstić information content (AvgIpc) is 3.16. The Hall–Kier alpha value is -1.82. The maximum Gasteiger partial charge on any atom is 0.229 e. The molecule has 1 aliphatic heterocycles. The van der Waals surface area contributed by atoms with Crippen LogP contribution in [0.15, 0.2) is 23.0 Å². The molecule has 0 bridgehead atoms. The van der Waals surface area contributed by atoms with Crippen LogP contribution in [0.1, 0.15) is 36.9 Å². The first kappa shape index (κ1) is 16.1. The van der Waals surface area contributed by atoms with E-state index in [0.717, 1.165) is 43.6 Å². The molecule has 1 aliphatic rings. The van der Waals surface area contributed by atoms with E-state index in [-0.39, 0.29) is 11.9 Å². The van der Waals surface area contributed by atoms with Gasteiger partial charge in [-0.25, -0.2) is 0 Å². The van der Waals surface area contributed by atoms with E-state index >= 15 is 0 Å². The first-order valence-electron chi connectivity index (χ1n) is 8.02. The van der Waals surface area contributed by atoms with Crippen LogP contribution in [0.2, 0.25) is 5.22 Å². The van der Waals surface area contributed by atoms with Crippen molar-refractivity contribution in [2.24, 2.45) is 0 Å². The van der Waals surface area contributed by atoms with E-state index in [2.05, 4.69) is 10.3 Å². The number of nitrogens with zero attached hydrogens (tertiary/aromatic N) is 4. The Balaban J connectivity index is 1.62. The number of halogens is 1. The standard InChI is InChI=1S/C16H21ClN4O2/c1-12-14(16(17)23-19-12)6-7-15(22)21-10-3-2-5-13(21)11-20-9-4-8-18-20/h4,8-9,13H,2-3,5-7,10-11H2,1H3/t13-/m0/s1. The highest BCUT2D eigenvalue weighted by Gasteiger charge is 2.27. The summed E-state index contributed by atoms with van der Waals surface area (Å²) in [6, 6.07) is 2.13. The summed E-state index contributed by atoms with van der Waals surface area (Å²) in [6.07, 6.45) is 7.96. The Bertz CT molecular complexity index is 634. The summed E-state index contributed by atoms with van der Waals surface area (Å²) >= 11 is 5.97. The number of rotatable bonds is 5. The topological polar surface area (TPSA) is 64.2 Å². The van der Waals surface area contributed by atoms with Gasteiger partial charge < -0.3 is 9.42 Å². The average molecular weight is 337 g/mol. The van der Waals surface area contributed by atoms with Crippen molar-refractivity contribution in [3.05, 3.63) is 34.9 Å². The Morgan fingerprint density at radius 1 is 1.48 bits per heavy atom. The zero-order valence-electron chi connectivity index (χ0n) is 13.2. The fraction of sp³-hybridized carbons (Fsp3) is 0.562. The number of hydrogen-bond acceptors (Lipinski definition) is 4. The third kappa shape index (κ3) is 3.75. The maximum absolute atomic E-state index is 12.7. The third-order valence-electron chi connectivity index (χ3n) is 4.43. The smallest absolute Gasteiger partial charge is 0.229 e. The molecule has 2 aromatic heterocycles. The van der Waals surface area contributed by atoms with E-state index in [1.54, 1.807) is 6.20 Å². The molecule has 0 aromatic carbocycles. The van der Waals surface area contributed by atoms with Gasteiger partial charge in [0.15, 0.2) is 0 Å². The van der Waals surface area contributed by atoms with E-state index in [1.165, 1.54) is 0 Å². The first-order valence-corrected chi connectivity index (χ1v) is 8.40. The minimum absolute atomic E-state index is 0.165. The second-order valence-electron chi connectivity index (χ2n) is 5.99. The molecular formula is C16H21ClN4O2. The van der Waals surface area contributed by atoms with Crippen LogP contribution in [-0.4, -0.2) is 38.3 Å². The monoisotopic (exact) mass is 336 g/mol. The fourth-order valence-electron chi connectivity index (χ4n) is 3.16. The van der Waals surface area contributed by atoms with Gasteiger partial charge in [-0.3, -0.25) is 9.48 Å². The van der Waals surface area contributed by atoms with Crippen molar-refractivity contribution in [2.75, 3.05) is 6.54 Å². The van der Waals surface area contributed by atoms with E-state index in [4.69, 9.17) is 16.1 Å². The van der Waals surface area contributed by atoms with Gasteiger partial charge in [0.25, 0.3) is 0 Å². The number of amides is 1. The van der Waals surface area contributed by atoms with Crippen LogP contribution in [0.4, 0.5) is 0 Å². The SMILES string of the molecule is Cc1noc(Cl)c1CCC(=O)N1CCCC[C@H]1Cn1cccn1. The number of likely N-dealkylation sites (tertiary alicyclic amines) is 1. The molecule has 0 spiro atoms. The zero-order chi connectivity index (χ0) is 16.2.